The molecule has 5 nitrogen and oxygen atoms in total. The van der Waals surface area contributed by atoms with Crippen LogP contribution in [0.5, 0.6) is 0 Å². The molecule has 3 rings (SSSR count). The summed E-state index contributed by atoms with van der Waals surface area (Å²) >= 11 is 6.14. The maximum atomic E-state index is 12.3. The smallest absolute Gasteiger partial charge is 0.224 e. The van der Waals surface area contributed by atoms with E-state index < -0.39 is 0 Å². The Morgan fingerprint density at radius 1 is 1.25 bits per heavy atom. The van der Waals surface area contributed by atoms with Crippen LogP contribution in [0.15, 0.2) is 24.3 Å². The van der Waals surface area contributed by atoms with E-state index in [2.05, 4.69) is 10.2 Å². The summed E-state index contributed by atoms with van der Waals surface area (Å²) in [6, 6.07) is 7.80. The maximum absolute atomic E-state index is 12.3. The summed E-state index contributed by atoms with van der Waals surface area (Å²) in [5.74, 6) is 0.490. The Kier molecular flexibility index (Phi) is 6.49. The molecule has 132 valence electrons. The number of hydrogen-bond donors (Lipinski definition) is 1. The molecule has 0 saturated carbocycles. The zero-order valence-corrected chi connectivity index (χ0v) is 14.6. The van der Waals surface area contributed by atoms with Crippen molar-refractivity contribution in [3.8, 4) is 0 Å². The summed E-state index contributed by atoms with van der Waals surface area (Å²) in [7, 11) is 0. The zero-order valence-electron chi connectivity index (χ0n) is 13.9. The highest BCUT2D eigenvalue weighted by molar-refractivity contribution is 6.31. The van der Waals surface area contributed by atoms with Gasteiger partial charge in [0.25, 0.3) is 0 Å². The second kappa shape index (κ2) is 8.81. The van der Waals surface area contributed by atoms with E-state index in [0.29, 0.717) is 29.9 Å². The van der Waals surface area contributed by atoms with Crippen molar-refractivity contribution >= 4 is 17.5 Å². The molecule has 1 aromatic carbocycles. The fraction of sp³-hybridized carbons (Fsp3) is 0.611. The van der Waals surface area contributed by atoms with E-state index in [9.17, 15) is 4.79 Å². The highest BCUT2D eigenvalue weighted by Gasteiger charge is 2.31. The quantitative estimate of drug-likeness (QED) is 0.847. The molecule has 0 radical (unpaired) electrons. The van der Waals surface area contributed by atoms with E-state index in [0.717, 1.165) is 51.5 Å². The molecule has 0 spiro atoms. The van der Waals surface area contributed by atoms with Crippen LogP contribution >= 0.6 is 11.6 Å². The number of nitrogens with one attached hydrogen (secondary N) is 1. The van der Waals surface area contributed by atoms with Crippen molar-refractivity contribution < 1.29 is 14.3 Å². The number of hydrogen-bond acceptors (Lipinski definition) is 4. The van der Waals surface area contributed by atoms with Crippen LogP contribution in [0, 0.1) is 5.92 Å². The zero-order chi connectivity index (χ0) is 16.8. The summed E-state index contributed by atoms with van der Waals surface area (Å²) < 4.78 is 11.0. The Bertz CT molecular complexity index is 543. The van der Waals surface area contributed by atoms with Crippen LogP contribution in [0.4, 0.5) is 0 Å². The van der Waals surface area contributed by atoms with E-state index in [1.54, 1.807) is 0 Å². The molecular weight excluding hydrogens is 328 g/mol. The van der Waals surface area contributed by atoms with Crippen molar-refractivity contribution in [1.29, 1.82) is 0 Å². The first-order chi connectivity index (χ1) is 11.7. The number of benzene rings is 1. The molecule has 2 fully saturated rings. The van der Waals surface area contributed by atoms with E-state index in [1.807, 2.05) is 24.3 Å². The Hall–Kier alpha value is -1.14. The fourth-order valence-corrected chi connectivity index (χ4v) is 3.66. The predicted octanol–water partition coefficient (Wildman–Crippen LogP) is 1.74. The second-order valence-electron chi connectivity index (χ2n) is 6.41. The van der Waals surface area contributed by atoms with Gasteiger partial charge in [-0.3, -0.25) is 9.69 Å². The molecule has 2 saturated heterocycles. The Balaban J connectivity index is 1.56. The molecule has 2 atom stereocenters. The van der Waals surface area contributed by atoms with Crippen LogP contribution in [0.1, 0.15) is 12.0 Å². The second-order valence-corrected chi connectivity index (χ2v) is 6.82. The van der Waals surface area contributed by atoms with Gasteiger partial charge in [-0.2, -0.15) is 0 Å². The van der Waals surface area contributed by atoms with Gasteiger partial charge in [0.2, 0.25) is 5.91 Å². The van der Waals surface area contributed by atoms with Gasteiger partial charge in [-0.1, -0.05) is 29.8 Å². The molecule has 0 unspecified atom stereocenters. The highest BCUT2D eigenvalue weighted by Crippen LogP contribution is 2.22. The van der Waals surface area contributed by atoms with Gasteiger partial charge in [0.05, 0.1) is 26.2 Å². The standard InChI is InChI=1S/C18H25ClN2O3/c19-16-4-2-1-3-14(16)11-18(22)20-12-17(15-5-8-24-13-15)21-6-9-23-10-7-21/h1-4,15,17H,5-13H2,(H,20,22)/t15-,17+/m0/s1. The van der Waals surface area contributed by atoms with E-state index in [-0.39, 0.29) is 5.91 Å². The van der Waals surface area contributed by atoms with Gasteiger partial charge in [-0.15, -0.1) is 0 Å². The molecule has 6 heteroatoms. The average molecular weight is 353 g/mol. The third-order valence-electron chi connectivity index (χ3n) is 4.84. The molecule has 0 bridgehead atoms. The van der Waals surface area contributed by atoms with Crippen molar-refractivity contribution in [2.45, 2.75) is 18.9 Å². The topological polar surface area (TPSA) is 50.8 Å². The summed E-state index contributed by atoms with van der Waals surface area (Å²) in [5.41, 5.74) is 0.865. The van der Waals surface area contributed by atoms with Crippen molar-refractivity contribution in [2.75, 3.05) is 46.1 Å². The van der Waals surface area contributed by atoms with Crippen molar-refractivity contribution in [2.24, 2.45) is 5.92 Å². The lowest BCUT2D eigenvalue weighted by Crippen LogP contribution is -2.52. The SMILES string of the molecule is O=C(Cc1ccccc1Cl)NC[C@H]([C@H]1CCOC1)N1CCOCC1. The summed E-state index contributed by atoms with van der Waals surface area (Å²) in [5, 5.41) is 3.74. The number of halogens is 1. The van der Waals surface area contributed by atoms with Gasteiger partial charge in [0, 0.05) is 43.2 Å². The highest BCUT2D eigenvalue weighted by atomic mass is 35.5. The van der Waals surface area contributed by atoms with Gasteiger partial charge >= 0.3 is 0 Å². The van der Waals surface area contributed by atoms with Crippen molar-refractivity contribution in [1.82, 2.24) is 10.2 Å². The first-order valence-corrected chi connectivity index (χ1v) is 9.01. The first-order valence-electron chi connectivity index (χ1n) is 8.63. The third kappa shape index (κ3) is 4.70. The minimum absolute atomic E-state index is 0.0141. The van der Waals surface area contributed by atoms with Crippen LogP contribution in [-0.2, 0) is 20.7 Å². The molecule has 2 aliphatic rings. The number of carbonyl (C=O) groups excluding carboxylic acids is 1. The van der Waals surface area contributed by atoms with Gasteiger partial charge in [-0.05, 0) is 18.1 Å². The van der Waals surface area contributed by atoms with Crippen LogP contribution in [-0.4, -0.2) is 62.9 Å². The lowest BCUT2D eigenvalue weighted by Gasteiger charge is -2.37. The molecule has 0 aliphatic carbocycles. The molecule has 1 aromatic rings. The maximum Gasteiger partial charge on any atom is 0.224 e. The molecule has 1 amide bonds. The lowest BCUT2D eigenvalue weighted by molar-refractivity contribution is -0.120. The summed E-state index contributed by atoms with van der Waals surface area (Å²) in [6.07, 6.45) is 1.37. The lowest BCUT2D eigenvalue weighted by atomic mass is 9.96. The Morgan fingerprint density at radius 2 is 2.04 bits per heavy atom. The molecule has 1 N–H and O–H groups in total. The number of amides is 1. The largest absolute Gasteiger partial charge is 0.381 e. The summed E-state index contributed by atoms with van der Waals surface area (Å²) in [4.78, 5) is 14.8. The Morgan fingerprint density at radius 3 is 2.75 bits per heavy atom. The minimum Gasteiger partial charge on any atom is -0.381 e. The minimum atomic E-state index is 0.0141. The molecule has 0 aromatic heterocycles. The number of ether oxygens (including phenoxy) is 2. The molecule has 2 heterocycles. The average Bonchev–Trinajstić information content (AvgIpc) is 3.12. The summed E-state index contributed by atoms with van der Waals surface area (Å²) in [6.45, 7) is 5.61. The van der Waals surface area contributed by atoms with E-state index in [4.69, 9.17) is 21.1 Å². The normalized spacial score (nSPS) is 23.1. The fourth-order valence-electron chi connectivity index (χ4n) is 3.45. The number of morpholine rings is 1. The van der Waals surface area contributed by atoms with Gasteiger partial charge in [0.15, 0.2) is 0 Å². The molecule has 2 aliphatic heterocycles. The predicted molar refractivity (Wildman–Crippen MR) is 93.3 cm³/mol. The number of carbonyl (C=O) groups is 1. The molecular formula is C18H25ClN2O3. The Labute approximate surface area is 148 Å². The van der Waals surface area contributed by atoms with Crippen molar-refractivity contribution in [3.05, 3.63) is 34.9 Å². The van der Waals surface area contributed by atoms with E-state index >= 15 is 0 Å². The first kappa shape index (κ1) is 17.7. The van der Waals surface area contributed by atoms with Gasteiger partial charge in [-0.25, -0.2) is 0 Å². The van der Waals surface area contributed by atoms with Crippen LogP contribution in [0.25, 0.3) is 0 Å². The number of nitrogens with zero attached hydrogens (tertiary/aromatic N) is 1. The van der Waals surface area contributed by atoms with Crippen LogP contribution in [0.2, 0.25) is 5.02 Å². The van der Waals surface area contributed by atoms with Gasteiger partial charge < -0.3 is 14.8 Å². The van der Waals surface area contributed by atoms with Crippen LogP contribution < -0.4 is 5.32 Å². The van der Waals surface area contributed by atoms with E-state index in [1.165, 1.54) is 0 Å². The van der Waals surface area contributed by atoms with Crippen LogP contribution in [0.3, 0.4) is 0 Å². The van der Waals surface area contributed by atoms with Crippen molar-refractivity contribution in [3.63, 3.8) is 0 Å². The monoisotopic (exact) mass is 352 g/mol. The van der Waals surface area contributed by atoms with Gasteiger partial charge in [0.1, 0.15) is 0 Å². The molecule has 24 heavy (non-hydrogen) atoms. The third-order valence-corrected chi connectivity index (χ3v) is 5.21. The number of rotatable bonds is 6.